The molecule has 0 radical (unpaired) electrons. The van der Waals surface area contributed by atoms with E-state index < -0.39 is 27.8 Å². The second-order valence-corrected chi connectivity index (χ2v) is 12.0. The molecular formula is C35H31N3O5S. The minimum atomic E-state index is -1.68. The molecule has 6 rings (SSSR count). The van der Waals surface area contributed by atoms with Crippen molar-refractivity contribution >= 4 is 35.1 Å². The van der Waals surface area contributed by atoms with Crippen molar-refractivity contribution in [2.45, 2.75) is 10.5 Å². The van der Waals surface area contributed by atoms with Crippen LogP contribution >= 0.6 is 11.8 Å². The lowest BCUT2D eigenvalue weighted by Crippen LogP contribution is -2.60. The molecule has 4 atom stereocenters. The Balaban J connectivity index is 1.64. The molecule has 2 heterocycles. The van der Waals surface area contributed by atoms with E-state index in [4.69, 9.17) is 20.0 Å². The average molecular weight is 606 g/mol. The Hall–Kier alpha value is -4.89. The molecule has 1 fully saturated rings. The fourth-order valence-corrected chi connectivity index (χ4v) is 8.27. The van der Waals surface area contributed by atoms with Gasteiger partial charge in [0.1, 0.15) is 16.9 Å². The molecule has 4 aromatic rings. The molecule has 4 aromatic carbocycles. The van der Waals surface area contributed by atoms with Crippen LogP contribution in [0.4, 0.5) is 0 Å². The second-order valence-electron chi connectivity index (χ2n) is 10.7. The fourth-order valence-electron chi connectivity index (χ4n) is 6.33. The van der Waals surface area contributed by atoms with Gasteiger partial charge in [0.2, 0.25) is 5.90 Å². The Morgan fingerprint density at radius 2 is 1.14 bits per heavy atom. The number of oxime groups is 1. The molecule has 1 saturated heterocycles. The maximum Gasteiger partial charge on any atom is 0.233 e. The van der Waals surface area contributed by atoms with Crippen LogP contribution in [0, 0.1) is 22.7 Å². The number of Topliss-reactive ketones (excluding diaryl/α,β-unsaturated/α-hetero) is 2. The standard InChI is InChI=1S/C35H31N3O5S/c1-41-25-17-13-23(14-18-25)31-27(29(39)21-9-5-3-6-10-21)35(33(36)38-43-34(35)37)28(30(40)22-11-7-4-8-12-22)32(44-31)24-15-19-26(42-2)20-16-24/h3-20,27-28,31-32,37H,1-2H3,(H2,36,38). The molecule has 9 heteroatoms. The maximum absolute atomic E-state index is 14.8. The van der Waals surface area contributed by atoms with Crippen LogP contribution in [0.3, 0.4) is 0 Å². The highest BCUT2D eigenvalue weighted by molar-refractivity contribution is 7.99. The lowest BCUT2D eigenvalue weighted by Gasteiger charge is -2.51. The fraction of sp³-hybridized carbons (Fsp3) is 0.200. The molecule has 8 nitrogen and oxygen atoms in total. The number of carbonyl (C=O) groups excluding carboxylic acids is 2. The number of carbonyl (C=O) groups is 2. The van der Waals surface area contributed by atoms with Crippen molar-refractivity contribution in [3.8, 4) is 11.5 Å². The third-order valence-electron chi connectivity index (χ3n) is 8.48. The first kappa shape index (κ1) is 29.2. The van der Waals surface area contributed by atoms with E-state index in [0.717, 1.165) is 11.1 Å². The van der Waals surface area contributed by atoms with E-state index in [0.29, 0.717) is 22.6 Å². The molecular weight excluding hydrogens is 574 g/mol. The number of ether oxygens (including phenoxy) is 2. The van der Waals surface area contributed by atoms with Crippen LogP contribution in [0.5, 0.6) is 11.5 Å². The molecule has 222 valence electrons. The van der Waals surface area contributed by atoms with E-state index in [9.17, 15) is 15.0 Å². The van der Waals surface area contributed by atoms with E-state index in [1.54, 1.807) is 62.8 Å². The van der Waals surface area contributed by atoms with Gasteiger partial charge in [0.25, 0.3) is 0 Å². The first-order chi connectivity index (χ1) is 21.4. The van der Waals surface area contributed by atoms with Crippen LogP contribution in [0.2, 0.25) is 0 Å². The van der Waals surface area contributed by atoms with Crippen molar-refractivity contribution in [2.24, 2.45) is 28.1 Å². The first-order valence-electron chi connectivity index (χ1n) is 14.1. The number of nitrogens with zero attached hydrogens (tertiary/aromatic N) is 1. The zero-order chi connectivity index (χ0) is 30.8. The van der Waals surface area contributed by atoms with Gasteiger partial charge in [-0.1, -0.05) is 90.1 Å². The van der Waals surface area contributed by atoms with E-state index in [2.05, 4.69) is 5.16 Å². The van der Waals surface area contributed by atoms with Crippen molar-refractivity contribution in [1.82, 2.24) is 0 Å². The van der Waals surface area contributed by atoms with Gasteiger partial charge in [0.15, 0.2) is 17.4 Å². The third-order valence-corrected chi connectivity index (χ3v) is 10.2. The van der Waals surface area contributed by atoms with E-state index in [-0.39, 0.29) is 23.3 Å². The van der Waals surface area contributed by atoms with Gasteiger partial charge in [-0.3, -0.25) is 15.0 Å². The normalized spacial score (nSPS) is 24.3. The lowest BCUT2D eigenvalue weighted by atomic mass is 9.57. The molecule has 0 saturated carbocycles. The van der Waals surface area contributed by atoms with Crippen molar-refractivity contribution in [1.29, 1.82) is 5.41 Å². The summed E-state index contributed by atoms with van der Waals surface area (Å²) in [7, 11) is 3.18. The van der Waals surface area contributed by atoms with Crippen molar-refractivity contribution in [2.75, 3.05) is 14.2 Å². The summed E-state index contributed by atoms with van der Waals surface area (Å²) >= 11 is 1.51. The molecule has 0 aliphatic carbocycles. The highest BCUT2D eigenvalue weighted by Gasteiger charge is 2.68. The monoisotopic (exact) mass is 605 g/mol. The topological polar surface area (TPSA) is 124 Å². The van der Waals surface area contributed by atoms with Crippen LogP contribution in [-0.4, -0.2) is 37.5 Å². The van der Waals surface area contributed by atoms with Gasteiger partial charge >= 0.3 is 0 Å². The zero-order valence-corrected chi connectivity index (χ0v) is 25.0. The largest absolute Gasteiger partial charge is 0.497 e. The number of hydrogen-bond donors (Lipinski definition) is 2. The van der Waals surface area contributed by atoms with Gasteiger partial charge in [-0.2, -0.15) is 0 Å². The summed E-state index contributed by atoms with van der Waals surface area (Å²) in [6.45, 7) is 0. The number of thioether (sulfide) groups is 1. The highest BCUT2D eigenvalue weighted by atomic mass is 32.2. The number of ketones is 2. The summed E-state index contributed by atoms with van der Waals surface area (Å²) < 4.78 is 10.8. The number of amidine groups is 1. The average Bonchev–Trinajstić information content (AvgIpc) is 3.37. The van der Waals surface area contributed by atoms with E-state index in [1.165, 1.54) is 11.8 Å². The quantitative estimate of drug-likeness (QED) is 0.220. The highest BCUT2D eigenvalue weighted by Crippen LogP contribution is 2.65. The SMILES string of the molecule is COc1ccc(C2SC(c3ccc(OC)cc3)C(C(=O)c3ccccc3)C3(C(=N)ON=C3N)C2C(=O)c2ccccc2)cc1. The molecule has 4 unspecified atom stereocenters. The van der Waals surface area contributed by atoms with Crippen molar-refractivity contribution in [3.05, 3.63) is 131 Å². The summed E-state index contributed by atoms with van der Waals surface area (Å²) in [5.41, 5.74) is 7.59. The van der Waals surface area contributed by atoms with Crippen LogP contribution in [0.15, 0.2) is 114 Å². The predicted molar refractivity (Wildman–Crippen MR) is 170 cm³/mol. The summed E-state index contributed by atoms with van der Waals surface area (Å²) in [6, 6.07) is 32.8. The summed E-state index contributed by atoms with van der Waals surface area (Å²) in [5, 5.41) is 12.2. The zero-order valence-electron chi connectivity index (χ0n) is 24.2. The summed E-state index contributed by atoms with van der Waals surface area (Å²) in [5.74, 6) is -1.59. The predicted octanol–water partition coefficient (Wildman–Crippen LogP) is 6.50. The number of hydrogen-bond acceptors (Lipinski definition) is 9. The number of methoxy groups -OCH3 is 2. The van der Waals surface area contributed by atoms with Gasteiger partial charge < -0.3 is 20.0 Å². The Bertz CT molecular complexity index is 1600. The molecule has 0 bridgehead atoms. The van der Waals surface area contributed by atoms with E-state index >= 15 is 0 Å². The summed E-state index contributed by atoms with van der Waals surface area (Å²) in [6.07, 6.45) is 0. The van der Waals surface area contributed by atoms with Crippen LogP contribution in [-0.2, 0) is 4.84 Å². The smallest absolute Gasteiger partial charge is 0.233 e. The molecule has 0 aromatic heterocycles. The van der Waals surface area contributed by atoms with Crippen molar-refractivity contribution in [3.63, 3.8) is 0 Å². The second kappa shape index (κ2) is 12.0. The van der Waals surface area contributed by atoms with Crippen LogP contribution in [0.1, 0.15) is 42.3 Å². The molecule has 2 aliphatic heterocycles. The lowest BCUT2D eigenvalue weighted by molar-refractivity contribution is 0.0706. The van der Waals surface area contributed by atoms with Gasteiger partial charge in [-0.15, -0.1) is 11.8 Å². The first-order valence-corrected chi connectivity index (χ1v) is 15.1. The van der Waals surface area contributed by atoms with Crippen LogP contribution < -0.4 is 15.2 Å². The van der Waals surface area contributed by atoms with Crippen LogP contribution in [0.25, 0.3) is 0 Å². The van der Waals surface area contributed by atoms with Gasteiger partial charge in [-0.05, 0) is 35.4 Å². The molecule has 1 spiro atoms. The van der Waals surface area contributed by atoms with E-state index in [1.807, 2.05) is 60.7 Å². The van der Waals surface area contributed by atoms with Gasteiger partial charge in [0, 0.05) is 21.6 Å². The minimum absolute atomic E-state index is 0.0663. The molecule has 44 heavy (non-hydrogen) atoms. The summed E-state index contributed by atoms with van der Waals surface area (Å²) in [4.78, 5) is 35.0. The maximum atomic E-state index is 14.8. The molecule has 0 amide bonds. The Morgan fingerprint density at radius 3 is 1.48 bits per heavy atom. The Labute approximate surface area is 259 Å². The third kappa shape index (κ3) is 4.83. The molecule has 3 N–H and O–H groups in total. The number of nitrogens with two attached hydrogens (primary N) is 1. The number of benzene rings is 4. The number of rotatable bonds is 8. The minimum Gasteiger partial charge on any atom is -0.497 e. The Morgan fingerprint density at radius 1 is 0.727 bits per heavy atom. The number of nitrogens with one attached hydrogen (secondary N) is 1. The molecule has 2 aliphatic rings. The van der Waals surface area contributed by atoms with Gasteiger partial charge in [0.05, 0.1) is 26.1 Å². The Kier molecular flexibility index (Phi) is 7.97. The van der Waals surface area contributed by atoms with Crippen molar-refractivity contribution < 1.29 is 23.9 Å². The van der Waals surface area contributed by atoms with Gasteiger partial charge in [-0.25, -0.2) is 0 Å².